The molecule has 8 heteroatoms. The summed E-state index contributed by atoms with van der Waals surface area (Å²) in [4.78, 5) is 16.7. The zero-order chi connectivity index (χ0) is 16.5. The van der Waals surface area contributed by atoms with Crippen LogP contribution in [0.3, 0.4) is 0 Å². The zero-order valence-electron chi connectivity index (χ0n) is 12.3. The van der Waals surface area contributed by atoms with Crippen molar-refractivity contribution in [3.63, 3.8) is 0 Å². The summed E-state index contributed by atoms with van der Waals surface area (Å²) < 4.78 is 6.42. The third-order valence-electron chi connectivity index (χ3n) is 3.49. The smallest absolute Gasteiger partial charge is 0.278 e. The molecule has 24 heavy (non-hydrogen) atoms. The van der Waals surface area contributed by atoms with Crippen LogP contribution in [0.4, 0.5) is 0 Å². The molecule has 2 heterocycles. The monoisotopic (exact) mass is 339 g/mol. The Morgan fingerprint density at radius 1 is 1.08 bits per heavy atom. The Morgan fingerprint density at radius 3 is 2.75 bits per heavy atom. The molecule has 0 aliphatic carbocycles. The number of hydrogen-bond acceptors (Lipinski definition) is 6. The van der Waals surface area contributed by atoms with Gasteiger partial charge in [-0.05, 0) is 24.3 Å². The number of fused-ring (bicyclic) bond motifs is 1. The molecule has 0 unspecified atom stereocenters. The first-order valence-electron chi connectivity index (χ1n) is 7.12. The molecule has 0 atom stereocenters. The Hall–Kier alpha value is -3.06. The fraction of sp³-hybridized carbons (Fsp3) is 0.0625. The van der Waals surface area contributed by atoms with E-state index >= 15 is 0 Å². The van der Waals surface area contributed by atoms with Gasteiger partial charge in [-0.15, -0.1) is 5.10 Å². The van der Waals surface area contributed by atoms with Crippen LogP contribution in [0.15, 0.2) is 57.8 Å². The van der Waals surface area contributed by atoms with Gasteiger partial charge in [0.2, 0.25) is 0 Å². The molecule has 2 aromatic heterocycles. The molecule has 0 saturated carbocycles. The number of hydrogen-bond donors (Lipinski definition) is 0. The third kappa shape index (κ3) is 2.55. The first-order valence-corrected chi connectivity index (χ1v) is 7.50. The van der Waals surface area contributed by atoms with Gasteiger partial charge in [-0.2, -0.15) is 4.98 Å². The number of aromatic nitrogens is 5. The third-order valence-corrected chi connectivity index (χ3v) is 3.82. The number of benzene rings is 2. The number of nitrogens with zero attached hydrogens (tertiary/aromatic N) is 5. The van der Waals surface area contributed by atoms with E-state index in [-0.39, 0.29) is 18.0 Å². The minimum absolute atomic E-state index is 0.0601. The Labute approximate surface area is 140 Å². The van der Waals surface area contributed by atoms with Crippen LogP contribution in [0.25, 0.3) is 22.4 Å². The minimum Gasteiger partial charge on any atom is -0.334 e. The zero-order valence-corrected chi connectivity index (χ0v) is 13.0. The molecule has 0 aliphatic heterocycles. The highest BCUT2D eigenvalue weighted by atomic mass is 35.5. The first-order chi connectivity index (χ1) is 11.7. The van der Waals surface area contributed by atoms with Gasteiger partial charge in [-0.3, -0.25) is 4.79 Å². The number of rotatable bonds is 3. The summed E-state index contributed by atoms with van der Waals surface area (Å²) in [5.74, 6) is 0.606. The van der Waals surface area contributed by atoms with E-state index < -0.39 is 0 Å². The second kappa shape index (κ2) is 5.86. The molecule has 0 aliphatic rings. The Bertz CT molecular complexity index is 1090. The lowest BCUT2D eigenvalue weighted by molar-refractivity contribution is 0.417. The molecule has 0 fully saturated rings. The van der Waals surface area contributed by atoms with Gasteiger partial charge in [0.25, 0.3) is 11.4 Å². The molecule has 7 nitrogen and oxygen atoms in total. The average molecular weight is 340 g/mol. The fourth-order valence-corrected chi connectivity index (χ4v) is 2.54. The van der Waals surface area contributed by atoms with Crippen molar-refractivity contribution in [3.05, 3.63) is 69.7 Å². The maximum absolute atomic E-state index is 12.4. The van der Waals surface area contributed by atoms with Crippen molar-refractivity contribution < 1.29 is 4.52 Å². The second-order valence-corrected chi connectivity index (χ2v) is 5.47. The van der Waals surface area contributed by atoms with Crippen molar-refractivity contribution in [2.75, 3.05) is 0 Å². The van der Waals surface area contributed by atoms with Crippen molar-refractivity contribution >= 4 is 22.5 Å². The van der Waals surface area contributed by atoms with Gasteiger partial charge >= 0.3 is 0 Å². The van der Waals surface area contributed by atoms with Crippen molar-refractivity contribution in [3.8, 4) is 11.5 Å². The lowest BCUT2D eigenvalue weighted by Crippen LogP contribution is -2.25. The Morgan fingerprint density at radius 2 is 1.88 bits per heavy atom. The molecule has 118 valence electrons. The minimum atomic E-state index is -0.260. The van der Waals surface area contributed by atoms with Crippen LogP contribution in [0.2, 0.25) is 5.02 Å². The van der Waals surface area contributed by atoms with E-state index in [0.717, 1.165) is 0 Å². The summed E-state index contributed by atoms with van der Waals surface area (Å²) in [6.07, 6.45) is 0. The highest BCUT2D eigenvalue weighted by Crippen LogP contribution is 2.25. The van der Waals surface area contributed by atoms with Gasteiger partial charge in [0.1, 0.15) is 12.1 Å². The molecule has 0 saturated heterocycles. The SMILES string of the molecule is O=c1c2ccccc2nnn1Cc1noc(-c2ccccc2Cl)n1. The highest BCUT2D eigenvalue weighted by Gasteiger charge is 2.13. The van der Waals surface area contributed by atoms with Crippen LogP contribution in [0.5, 0.6) is 0 Å². The van der Waals surface area contributed by atoms with Crippen LogP contribution in [-0.2, 0) is 6.54 Å². The van der Waals surface area contributed by atoms with Crippen LogP contribution >= 0.6 is 11.6 Å². The van der Waals surface area contributed by atoms with Crippen molar-refractivity contribution in [1.82, 2.24) is 25.1 Å². The van der Waals surface area contributed by atoms with E-state index in [1.165, 1.54) is 4.68 Å². The molecule has 4 aromatic rings. The number of halogens is 1. The van der Waals surface area contributed by atoms with Crippen molar-refractivity contribution in [2.24, 2.45) is 0 Å². The van der Waals surface area contributed by atoms with Gasteiger partial charge in [0.15, 0.2) is 5.82 Å². The van der Waals surface area contributed by atoms with Gasteiger partial charge < -0.3 is 4.52 Å². The molecular formula is C16H10ClN5O2. The van der Waals surface area contributed by atoms with E-state index in [1.54, 1.807) is 36.4 Å². The van der Waals surface area contributed by atoms with Gasteiger partial charge in [0.05, 0.1) is 16.0 Å². The van der Waals surface area contributed by atoms with E-state index in [2.05, 4.69) is 20.5 Å². The van der Waals surface area contributed by atoms with E-state index in [1.807, 2.05) is 12.1 Å². The summed E-state index contributed by atoms with van der Waals surface area (Å²) in [6.45, 7) is 0.0601. The lowest BCUT2D eigenvalue weighted by atomic mass is 10.2. The van der Waals surface area contributed by atoms with E-state index in [9.17, 15) is 4.79 Å². The molecule has 0 spiro atoms. The van der Waals surface area contributed by atoms with Crippen molar-refractivity contribution in [1.29, 1.82) is 0 Å². The van der Waals surface area contributed by atoms with Gasteiger partial charge in [-0.25, -0.2) is 4.68 Å². The molecule has 0 amide bonds. The van der Waals surface area contributed by atoms with E-state index in [4.69, 9.17) is 16.1 Å². The molecule has 0 N–H and O–H groups in total. The standard InChI is InChI=1S/C16H10ClN5O2/c17-12-7-3-1-5-10(12)15-18-14(20-24-15)9-22-16(23)11-6-2-4-8-13(11)19-21-22/h1-8H,9H2. The maximum Gasteiger partial charge on any atom is 0.278 e. The van der Waals surface area contributed by atoms with E-state index in [0.29, 0.717) is 27.3 Å². The molecule has 0 radical (unpaired) electrons. The van der Waals surface area contributed by atoms with Crippen molar-refractivity contribution in [2.45, 2.75) is 6.54 Å². The quantitative estimate of drug-likeness (QED) is 0.570. The summed E-state index contributed by atoms with van der Waals surface area (Å²) in [7, 11) is 0. The summed E-state index contributed by atoms with van der Waals surface area (Å²) in [5.41, 5.74) is 0.920. The topological polar surface area (TPSA) is 86.7 Å². The second-order valence-electron chi connectivity index (χ2n) is 5.06. The predicted octanol–water partition coefficient (Wildman–Crippen LogP) is 2.54. The Kier molecular flexibility index (Phi) is 3.55. The summed E-state index contributed by atoms with van der Waals surface area (Å²) >= 11 is 6.11. The Balaban J connectivity index is 1.69. The normalized spacial score (nSPS) is 11.0. The maximum atomic E-state index is 12.4. The average Bonchev–Trinajstić information content (AvgIpc) is 3.06. The van der Waals surface area contributed by atoms with Crippen LogP contribution in [-0.4, -0.2) is 25.1 Å². The first kappa shape index (κ1) is 14.5. The lowest BCUT2D eigenvalue weighted by Gasteiger charge is -2.01. The molecule has 2 aromatic carbocycles. The van der Waals surface area contributed by atoms with Gasteiger partial charge in [0, 0.05) is 0 Å². The summed E-state index contributed by atoms with van der Waals surface area (Å²) in [5, 5.41) is 12.8. The van der Waals surface area contributed by atoms with Crippen LogP contribution in [0, 0.1) is 0 Å². The van der Waals surface area contributed by atoms with Crippen LogP contribution in [0.1, 0.15) is 5.82 Å². The summed E-state index contributed by atoms with van der Waals surface area (Å²) in [6, 6.07) is 14.2. The predicted molar refractivity (Wildman–Crippen MR) is 87.6 cm³/mol. The highest BCUT2D eigenvalue weighted by molar-refractivity contribution is 6.33. The molecule has 0 bridgehead atoms. The van der Waals surface area contributed by atoms with Crippen LogP contribution < -0.4 is 5.56 Å². The van der Waals surface area contributed by atoms with Gasteiger partial charge in [-0.1, -0.05) is 46.2 Å². The molecular weight excluding hydrogens is 330 g/mol. The molecule has 4 rings (SSSR count). The largest absolute Gasteiger partial charge is 0.334 e. The fourth-order valence-electron chi connectivity index (χ4n) is 2.32.